The average Bonchev–Trinajstić information content (AvgIpc) is 2.30. The van der Waals surface area contributed by atoms with E-state index >= 15 is 0 Å². The number of ether oxygens (including phenoxy) is 1. The van der Waals surface area contributed by atoms with Gasteiger partial charge in [0, 0.05) is 31.6 Å². The van der Waals surface area contributed by atoms with E-state index in [1.54, 1.807) is 0 Å². The van der Waals surface area contributed by atoms with Gasteiger partial charge >= 0.3 is 0 Å². The zero-order valence-corrected chi connectivity index (χ0v) is 10.2. The molecule has 2 unspecified atom stereocenters. The molecule has 0 spiro atoms. The monoisotopic (exact) mass is 249 g/mol. The van der Waals surface area contributed by atoms with E-state index in [-0.39, 0.29) is 0 Å². The van der Waals surface area contributed by atoms with Gasteiger partial charge in [-0.25, -0.2) is 0 Å². The Morgan fingerprint density at radius 3 is 3.08 bits per heavy atom. The summed E-state index contributed by atoms with van der Waals surface area (Å²) in [4.78, 5) is 2.52. The Kier molecular flexibility index (Phi) is 5.29. The van der Waals surface area contributed by atoms with Crippen molar-refractivity contribution < 1.29 is 4.74 Å². The molecule has 0 aromatic rings. The number of hydrogen-bond acceptors (Lipinski definition) is 2. The molecular formula is C10H20BrNO. The lowest BCUT2D eigenvalue weighted by molar-refractivity contribution is 0.0663. The van der Waals surface area contributed by atoms with Crippen molar-refractivity contribution in [3.05, 3.63) is 0 Å². The minimum absolute atomic E-state index is 0.407. The van der Waals surface area contributed by atoms with Crippen LogP contribution >= 0.6 is 15.9 Å². The second-order valence-corrected chi connectivity index (χ2v) is 4.70. The van der Waals surface area contributed by atoms with E-state index in [1.165, 1.54) is 19.5 Å². The minimum Gasteiger partial charge on any atom is -0.377 e. The van der Waals surface area contributed by atoms with Gasteiger partial charge in [0.15, 0.2) is 0 Å². The molecular weight excluding hydrogens is 230 g/mol. The van der Waals surface area contributed by atoms with Crippen LogP contribution in [0.3, 0.4) is 0 Å². The highest BCUT2D eigenvalue weighted by atomic mass is 79.9. The van der Waals surface area contributed by atoms with Crippen molar-refractivity contribution in [2.75, 3.05) is 31.6 Å². The second kappa shape index (κ2) is 5.99. The van der Waals surface area contributed by atoms with Crippen LogP contribution in [0.2, 0.25) is 0 Å². The number of alkyl halides is 1. The first-order valence-corrected chi connectivity index (χ1v) is 6.24. The molecule has 0 aromatic carbocycles. The van der Waals surface area contributed by atoms with E-state index in [0.717, 1.165) is 24.4 Å². The summed E-state index contributed by atoms with van der Waals surface area (Å²) in [6, 6.07) is 0. The van der Waals surface area contributed by atoms with Crippen LogP contribution in [0.4, 0.5) is 0 Å². The van der Waals surface area contributed by atoms with Gasteiger partial charge in [0.1, 0.15) is 0 Å². The van der Waals surface area contributed by atoms with Gasteiger partial charge in [0.2, 0.25) is 0 Å². The predicted molar refractivity (Wildman–Crippen MR) is 59.4 cm³/mol. The van der Waals surface area contributed by atoms with Crippen molar-refractivity contribution in [2.24, 2.45) is 5.92 Å². The molecule has 0 bridgehead atoms. The lowest BCUT2D eigenvalue weighted by Crippen LogP contribution is -2.34. The Morgan fingerprint density at radius 2 is 2.38 bits per heavy atom. The van der Waals surface area contributed by atoms with Crippen molar-refractivity contribution in [3.63, 3.8) is 0 Å². The summed E-state index contributed by atoms with van der Waals surface area (Å²) in [5.74, 6) is 0.741. The molecule has 2 nitrogen and oxygen atoms in total. The third kappa shape index (κ3) is 4.43. The lowest BCUT2D eigenvalue weighted by Gasteiger charge is -2.24. The molecule has 3 heteroatoms. The number of nitrogens with zero attached hydrogens (tertiary/aromatic N) is 1. The van der Waals surface area contributed by atoms with Crippen molar-refractivity contribution in [3.8, 4) is 0 Å². The van der Waals surface area contributed by atoms with Crippen molar-refractivity contribution >= 4 is 15.9 Å². The molecule has 0 N–H and O–H groups in total. The number of rotatable bonds is 3. The SMILES string of the molecule is CC(CBr)CN1CCCOC(C)C1. The summed E-state index contributed by atoms with van der Waals surface area (Å²) in [7, 11) is 0. The summed E-state index contributed by atoms with van der Waals surface area (Å²) in [5, 5.41) is 1.10. The van der Waals surface area contributed by atoms with Gasteiger partial charge in [0.25, 0.3) is 0 Å². The summed E-state index contributed by atoms with van der Waals surface area (Å²) < 4.78 is 5.59. The smallest absolute Gasteiger partial charge is 0.0673 e. The summed E-state index contributed by atoms with van der Waals surface area (Å²) >= 11 is 3.52. The van der Waals surface area contributed by atoms with Crippen LogP contribution in [0.25, 0.3) is 0 Å². The summed E-state index contributed by atoms with van der Waals surface area (Å²) in [6.07, 6.45) is 1.59. The Labute approximate surface area is 89.8 Å². The molecule has 1 saturated heterocycles. The summed E-state index contributed by atoms with van der Waals surface area (Å²) in [6.45, 7) is 8.86. The molecule has 0 amide bonds. The van der Waals surface area contributed by atoms with Crippen molar-refractivity contribution in [2.45, 2.75) is 26.4 Å². The van der Waals surface area contributed by atoms with Crippen LogP contribution in [0, 0.1) is 5.92 Å². The maximum absolute atomic E-state index is 5.59. The first kappa shape index (κ1) is 11.5. The first-order valence-electron chi connectivity index (χ1n) is 5.12. The number of hydrogen-bond donors (Lipinski definition) is 0. The molecule has 0 radical (unpaired) electrons. The van der Waals surface area contributed by atoms with Gasteiger partial charge in [-0.2, -0.15) is 0 Å². The van der Waals surface area contributed by atoms with E-state index in [1.807, 2.05) is 0 Å². The Hall–Kier alpha value is 0.400. The molecule has 0 saturated carbocycles. The van der Waals surface area contributed by atoms with Gasteiger partial charge in [-0.05, 0) is 19.3 Å². The Balaban J connectivity index is 2.30. The third-order valence-corrected chi connectivity index (χ3v) is 3.47. The molecule has 1 fully saturated rings. The highest BCUT2D eigenvalue weighted by Gasteiger charge is 2.16. The standard InChI is InChI=1S/C10H20BrNO/c1-9(6-11)7-12-4-3-5-13-10(2)8-12/h9-10H,3-8H2,1-2H3. The maximum atomic E-state index is 5.59. The fourth-order valence-corrected chi connectivity index (χ4v) is 1.94. The first-order chi connectivity index (χ1) is 6.22. The van der Waals surface area contributed by atoms with E-state index in [2.05, 4.69) is 34.7 Å². The summed E-state index contributed by atoms with van der Waals surface area (Å²) in [5.41, 5.74) is 0. The Morgan fingerprint density at radius 1 is 1.62 bits per heavy atom. The normalized spacial score (nSPS) is 28.4. The molecule has 0 aromatic heterocycles. The van der Waals surface area contributed by atoms with E-state index < -0.39 is 0 Å². The molecule has 1 heterocycles. The van der Waals surface area contributed by atoms with Crippen LogP contribution in [0.15, 0.2) is 0 Å². The van der Waals surface area contributed by atoms with Gasteiger partial charge in [0.05, 0.1) is 6.10 Å². The molecule has 13 heavy (non-hydrogen) atoms. The molecule has 78 valence electrons. The fourth-order valence-electron chi connectivity index (χ4n) is 1.74. The van der Waals surface area contributed by atoms with Crippen LogP contribution in [-0.4, -0.2) is 42.6 Å². The van der Waals surface area contributed by atoms with Crippen LogP contribution < -0.4 is 0 Å². The van der Waals surface area contributed by atoms with E-state index in [9.17, 15) is 0 Å². The van der Waals surface area contributed by atoms with Crippen molar-refractivity contribution in [1.29, 1.82) is 0 Å². The lowest BCUT2D eigenvalue weighted by atomic mass is 10.2. The quantitative estimate of drug-likeness (QED) is 0.711. The molecule has 0 aliphatic carbocycles. The van der Waals surface area contributed by atoms with Gasteiger partial charge in [-0.15, -0.1) is 0 Å². The average molecular weight is 250 g/mol. The van der Waals surface area contributed by atoms with Gasteiger partial charge in [-0.1, -0.05) is 22.9 Å². The van der Waals surface area contributed by atoms with E-state index in [4.69, 9.17) is 4.74 Å². The van der Waals surface area contributed by atoms with Gasteiger partial charge in [-0.3, -0.25) is 0 Å². The van der Waals surface area contributed by atoms with Crippen LogP contribution in [0.1, 0.15) is 20.3 Å². The highest BCUT2D eigenvalue weighted by Crippen LogP contribution is 2.09. The molecule has 1 rings (SSSR count). The topological polar surface area (TPSA) is 12.5 Å². The maximum Gasteiger partial charge on any atom is 0.0673 e. The zero-order valence-electron chi connectivity index (χ0n) is 8.63. The largest absolute Gasteiger partial charge is 0.377 e. The minimum atomic E-state index is 0.407. The number of halogens is 1. The van der Waals surface area contributed by atoms with Crippen LogP contribution in [-0.2, 0) is 4.74 Å². The van der Waals surface area contributed by atoms with Crippen molar-refractivity contribution in [1.82, 2.24) is 4.90 Å². The molecule has 2 atom stereocenters. The van der Waals surface area contributed by atoms with E-state index in [0.29, 0.717) is 6.10 Å². The molecule has 1 aliphatic heterocycles. The highest BCUT2D eigenvalue weighted by molar-refractivity contribution is 9.09. The zero-order chi connectivity index (χ0) is 9.68. The van der Waals surface area contributed by atoms with Gasteiger partial charge < -0.3 is 9.64 Å². The Bertz CT molecular complexity index is 143. The van der Waals surface area contributed by atoms with Crippen LogP contribution in [0.5, 0.6) is 0 Å². The second-order valence-electron chi connectivity index (χ2n) is 4.05. The molecule has 1 aliphatic rings. The predicted octanol–water partition coefficient (Wildman–Crippen LogP) is 2.13. The fraction of sp³-hybridized carbons (Fsp3) is 1.00. The third-order valence-electron chi connectivity index (χ3n) is 2.37.